The van der Waals surface area contributed by atoms with E-state index in [0.29, 0.717) is 0 Å². The van der Waals surface area contributed by atoms with Crippen molar-refractivity contribution < 1.29 is 0 Å². The molecule has 1 aliphatic heterocycles. The first-order valence-corrected chi connectivity index (χ1v) is 8.26. The zero-order valence-electron chi connectivity index (χ0n) is 13.5. The molecule has 0 bridgehead atoms. The highest BCUT2D eigenvalue weighted by molar-refractivity contribution is 5.81. The topological polar surface area (TPSA) is 48.0 Å². The van der Waals surface area contributed by atoms with Gasteiger partial charge in [-0.15, -0.1) is 0 Å². The number of pyridine rings is 1. The molecule has 1 aromatic carbocycles. The minimum atomic E-state index is 0.859. The molecule has 5 rings (SSSR count). The van der Waals surface area contributed by atoms with Crippen LogP contribution in [0.15, 0.2) is 48.9 Å². The molecule has 0 atom stereocenters. The quantitative estimate of drug-likeness (QED) is 0.569. The van der Waals surface area contributed by atoms with E-state index in [9.17, 15) is 0 Å². The predicted octanol–water partition coefficient (Wildman–Crippen LogP) is 3.51. The summed E-state index contributed by atoms with van der Waals surface area (Å²) in [6.45, 7) is 3.17. The second-order valence-corrected chi connectivity index (χ2v) is 6.28. The molecule has 0 saturated heterocycles. The number of imidazole rings is 1. The standard InChI is InChI=1S/C19H17N5/c1-13-5-2-3-6-15(13)18-19(23-10-4-7-17(23)22-18)14-8-9-16-20-12-21-24(16)11-14/h2-3,5-6,8-9,11-12H,4,7,10H2,1H3. The average Bonchev–Trinajstić information content (AvgIpc) is 3.29. The molecule has 4 aromatic rings. The van der Waals surface area contributed by atoms with Crippen LogP contribution in [0.3, 0.4) is 0 Å². The number of aromatic nitrogens is 5. The molecule has 5 nitrogen and oxygen atoms in total. The lowest BCUT2D eigenvalue weighted by Crippen LogP contribution is -1.98. The third-order valence-corrected chi connectivity index (χ3v) is 4.78. The minimum Gasteiger partial charge on any atom is -0.327 e. The van der Waals surface area contributed by atoms with Gasteiger partial charge in [0.2, 0.25) is 0 Å². The van der Waals surface area contributed by atoms with E-state index in [1.54, 1.807) is 6.33 Å². The maximum absolute atomic E-state index is 4.98. The summed E-state index contributed by atoms with van der Waals surface area (Å²) in [6, 6.07) is 12.6. The summed E-state index contributed by atoms with van der Waals surface area (Å²) >= 11 is 0. The summed E-state index contributed by atoms with van der Waals surface area (Å²) < 4.78 is 4.19. The monoisotopic (exact) mass is 315 g/mol. The Bertz CT molecular complexity index is 1060. The fraction of sp³-hybridized carbons (Fsp3) is 0.211. The van der Waals surface area contributed by atoms with E-state index < -0.39 is 0 Å². The van der Waals surface area contributed by atoms with E-state index in [-0.39, 0.29) is 0 Å². The van der Waals surface area contributed by atoms with E-state index >= 15 is 0 Å². The number of benzene rings is 1. The van der Waals surface area contributed by atoms with Gasteiger partial charge in [-0.1, -0.05) is 24.3 Å². The van der Waals surface area contributed by atoms with Crippen molar-refractivity contribution in [1.29, 1.82) is 0 Å². The zero-order valence-corrected chi connectivity index (χ0v) is 13.5. The maximum atomic E-state index is 4.98. The molecule has 5 heteroatoms. The SMILES string of the molecule is Cc1ccccc1-c1nc2n(c1-c1ccc3ncnn3c1)CCC2. The van der Waals surface area contributed by atoms with Crippen molar-refractivity contribution in [2.45, 2.75) is 26.3 Å². The molecule has 0 N–H and O–H groups in total. The van der Waals surface area contributed by atoms with Crippen molar-refractivity contribution in [1.82, 2.24) is 24.1 Å². The van der Waals surface area contributed by atoms with Gasteiger partial charge in [0.15, 0.2) is 5.65 Å². The van der Waals surface area contributed by atoms with Gasteiger partial charge in [-0.2, -0.15) is 5.10 Å². The molecule has 1 aliphatic rings. The number of hydrogen-bond donors (Lipinski definition) is 0. The van der Waals surface area contributed by atoms with E-state index in [1.807, 2.05) is 16.8 Å². The van der Waals surface area contributed by atoms with E-state index in [2.05, 4.69) is 51.9 Å². The summed E-state index contributed by atoms with van der Waals surface area (Å²) in [7, 11) is 0. The Morgan fingerprint density at radius 1 is 1.08 bits per heavy atom. The number of fused-ring (bicyclic) bond motifs is 2. The van der Waals surface area contributed by atoms with Crippen molar-refractivity contribution in [3.05, 3.63) is 60.3 Å². The number of hydrogen-bond acceptors (Lipinski definition) is 3. The number of rotatable bonds is 2. The fourth-order valence-corrected chi connectivity index (χ4v) is 3.60. The highest BCUT2D eigenvalue weighted by Crippen LogP contribution is 2.36. The number of aryl methyl sites for hydroxylation is 2. The van der Waals surface area contributed by atoms with Crippen LogP contribution in [0.2, 0.25) is 0 Å². The summed E-state index contributed by atoms with van der Waals surface area (Å²) in [5.74, 6) is 1.18. The molecular formula is C19H17N5. The lowest BCUT2D eigenvalue weighted by atomic mass is 10.0. The van der Waals surface area contributed by atoms with Crippen LogP contribution in [-0.2, 0) is 13.0 Å². The molecule has 0 radical (unpaired) electrons. The van der Waals surface area contributed by atoms with Crippen LogP contribution < -0.4 is 0 Å². The van der Waals surface area contributed by atoms with Crippen LogP contribution in [0.4, 0.5) is 0 Å². The lowest BCUT2D eigenvalue weighted by Gasteiger charge is -2.10. The normalized spacial score (nSPS) is 13.5. The Labute approximate surface area is 139 Å². The lowest BCUT2D eigenvalue weighted by molar-refractivity contribution is 0.755. The van der Waals surface area contributed by atoms with Crippen LogP contribution in [0, 0.1) is 6.92 Å². The van der Waals surface area contributed by atoms with Gasteiger partial charge in [0.05, 0.1) is 11.4 Å². The highest BCUT2D eigenvalue weighted by atomic mass is 15.3. The zero-order chi connectivity index (χ0) is 16.1. The first-order chi connectivity index (χ1) is 11.8. The van der Waals surface area contributed by atoms with Crippen LogP contribution in [0.1, 0.15) is 17.8 Å². The van der Waals surface area contributed by atoms with Crippen molar-refractivity contribution >= 4 is 5.65 Å². The van der Waals surface area contributed by atoms with Gasteiger partial charge in [-0.3, -0.25) is 0 Å². The number of nitrogens with zero attached hydrogens (tertiary/aromatic N) is 5. The molecule has 24 heavy (non-hydrogen) atoms. The largest absolute Gasteiger partial charge is 0.327 e. The second-order valence-electron chi connectivity index (χ2n) is 6.28. The van der Waals surface area contributed by atoms with E-state index in [1.165, 1.54) is 22.6 Å². The Morgan fingerprint density at radius 2 is 2.00 bits per heavy atom. The van der Waals surface area contributed by atoms with Crippen LogP contribution in [-0.4, -0.2) is 24.1 Å². The third-order valence-electron chi connectivity index (χ3n) is 4.78. The van der Waals surface area contributed by atoms with Crippen molar-refractivity contribution in [3.63, 3.8) is 0 Å². The van der Waals surface area contributed by atoms with Crippen LogP contribution >= 0.6 is 0 Å². The van der Waals surface area contributed by atoms with Gasteiger partial charge in [-0.05, 0) is 31.0 Å². The van der Waals surface area contributed by atoms with Crippen LogP contribution in [0.5, 0.6) is 0 Å². The summed E-state index contributed by atoms with van der Waals surface area (Å²) in [4.78, 5) is 9.22. The predicted molar refractivity (Wildman–Crippen MR) is 92.7 cm³/mol. The molecule has 0 unspecified atom stereocenters. The Balaban J connectivity index is 1.79. The molecule has 4 heterocycles. The van der Waals surface area contributed by atoms with E-state index in [0.717, 1.165) is 36.3 Å². The minimum absolute atomic E-state index is 0.859. The average molecular weight is 315 g/mol. The maximum Gasteiger partial charge on any atom is 0.155 e. The van der Waals surface area contributed by atoms with Crippen molar-refractivity contribution in [3.8, 4) is 22.5 Å². The van der Waals surface area contributed by atoms with Gasteiger partial charge in [-0.25, -0.2) is 14.5 Å². The van der Waals surface area contributed by atoms with Crippen LogP contribution in [0.25, 0.3) is 28.2 Å². The Kier molecular flexibility index (Phi) is 2.82. The molecule has 0 fully saturated rings. The first kappa shape index (κ1) is 13.5. The first-order valence-electron chi connectivity index (χ1n) is 8.26. The summed E-state index contributed by atoms with van der Waals surface area (Å²) in [6.07, 6.45) is 5.84. The van der Waals surface area contributed by atoms with Crippen molar-refractivity contribution in [2.24, 2.45) is 0 Å². The Hall–Kier alpha value is -2.95. The van der Waals surface area contributed by atoms with Gasteiger partial charge in [0.25, 0.3) is 0 Å². The third kappa shape index (κ3) is 1.91. The van der Waals surface area contributed by atoms with Gasteiger partial charge >= 0.3 is 0 Å². The second kappa shape index (κ2) is 5.03. The van der Waals surface area contributed by atoms with Crippen molar-refractivity contribution in [2.75, 3.05) is 0 Å². The molecule has 0 spiro atoms. The highest BCUT2D eigenvalue weighted by Gasteiger charge is 2.24. The summed E-state index contributed by atoms with van der Waals surface area (Å²) in [5.41, 5.74) is 6.70. The molecule has 0 saturated carbocycles. The molecule has 0 aliphatic carbocycles. The van der Waals surface area contributed by atoms with Gasteiger partial charge in [0, 0.05) is 30.3 Å². The van der Waals surface area contributed by atoms with Gasteiger partial charge in [0.1, 0.15) is 12.2 Å². The molecule has 3 aromatic heterocycles. The fourth-order valence-electron chi connectivity index (χ4n) is 3.60. The smallest absolute Gasteiger partial charge is 0.155 e. The van der Waals surface area contributed by atoms with E-state index in [4.69, 9.17) is 4.98 Å². The summed E-state index contributed by atoms with van der Waals surface area (Å²) in [5, 5.41) is 4.28. The Morgan fingerprint density at radius 3 is 2.92 bits per heavy atom. The molecule has 0 amide bonds. The molecule has 118 valence electrons. The molecular weight excluding hydrogens is 298 g/mol. The van der Waals surface area contributed by atoms with Gasteiger partial charge < -0.3 is 4.57 Å².